The molecule has 0 amide bonds. The van der Waals surface area contributed by atoms with Gasteiger partial charge >= 0.3 is 0 Å². The van der Waals surface area contributed by atoms with Gasteiger partial charge in [0.2, 0.25) is 0 Å². The van der Waals surface area contributed by atoms with Crippen LogP contribution in [0, 0.1) is 9.49 Å². The maximum Gasteiger partial charge on any atom is 0.160 e. The molecule has 112 valence electrons. The summed E-state index contributed by atoms with van der Waals surface area (Å²) in [6.07, 6.45) is 3.58. The Labute approximate surface area is 135 Å². The summed E-state index contributed by atoms with van der Waals surface area (Å²) < 4.78 is 6.78. The first-order valence-electron chi connectivity index (χ1n) is 7.42. The van der Waals surface area contributed by atoms with E-state index >= 15 is 0 Å². The summed E-state index contributed by atoms with van der Waals surface area (Å²) in [5, 5.41) is 3.42. The summed E-state index contributed by atoms with van der Waals surface area (Å²) in [6.45, 7) is 7.45. The number of methoxy groups -OCH3 is 1. The van der Waals surface area contributed by atoms with Gasteiger partial charge in [-0.05, 0) is 53.7 Å². The maximum atomic E-state index is 5.64. The lowest BCUT2D eigenvalue weighted by molar-refractivity contribution is 0.0770. The molecule has 5 heteroatoms. The lowest BCUT2D eigenvalue weighted by Gasteiger charge is -2.19. The minimum Gasteiger partial charge on any atom is -0.373 e. The van der Waals surface area contributed by atoms with Gasteiger partial charge in [-0.1, -0.05) is 20.8 Å². The summed E-state index contributed by atoms with van der Waals surface area (Å²) in [7, 11) is 1.76. The molecule has 1 N–H and O–H groups in total. The zero-order valence-electron chi connectivity index (χ0n) is 12.7. The molecule has 0 aliphatic heterocycles. The van der Waals surface area contributed by atoms with Crippen LogP contribution in [0.25, 0.3) is 0 Å². The fourth-order valence-electron chi connectivity index (χ4n) is 2.26. The highest BCUT2D eigenvalue weighted by atomic mass is 127. The van der Waals surface area contributed by atoms with E-state index in [1.54, 1.807) is 7.11 Å². The Hall–Kier alpha value is -0.430. The predicted molar refractivity (Wildman–Crippen MR) is 90.1 cm³/mol. The van der Waals surface area contributed by atoms with Crippen LogP contribution in [0.1, 0.15) is 63.6 Å². The van der Waals surface area contributed by atoms with Crippen molar-refractivity contribution >= 4 is 28.4 Å². The first-order valence-corrected chi connectivity index (χ1v) is 8.50. The number of nitrogens with one attached hydrogen (secondary N) is 1. The first-order chi connectivity index (χ1) is 9.58. The predicted octanol–water partition coefficient (Wildman–Crippen LogP) is 4.12. The second-order valence-corrected chi connectivity index (χ2v) is 6.78. The topological polar surface area (TPSA) is 47.0 Å². The molecule has 2 rings (SSSR count). The number of nitrogens with zero attached hydrogens (tertiary/aromatic N) is 2. The van der Waals surface area contributed by atoms with Crippen LogP contribution in [0.2, 0.25) is 0 Å². The minimum absolute atomic E-state index is 0.0478. The molecule has 0 radical (unpaired) electrons. The van der Waals surface area contributed by atoms with Crippen LogP contribution in [-0.4, -0.2) is 23.6 Å². The minimum atomic E-state index is 0.0478. The molecule has 0 aromatic carbocycles. The fraction of sp³-hybridized carbons (Fsp3) is 0.733. The van der Waals surface area contributed by atoms with Gasteiger partial charge in [-0.25, -0.2) is 9.97 Å². The van der Waals surface area contributed by atoms with E-state index in [0.29, 0.717) is 11.8 Å². The summed E-state index contributed by atoms with van der Waals surface area (Å²) in [4.78, 5) is 9.52. The second kappa shape index (κ2) is 7.02. The van der Waals surface area contributed by atoms with Crippen LogP contribution in [0.5, 0.6) is 0 Å². The molecule has 1 aromatic rings. The third kappa shape index (κ3) is 3.61. The van der Waals surface area contributed by atoms with Crippen molar-refractivity contribution in [1.82, 2.24) is 9.97 Å². The van der Waals surface area contributed by atoms with Gasteiger partial charge in [-0.15, -0.1) is 0 Å². The normalized spacial score (nSPS) is 16.5. The third-order valence-electron chi connectivity index (χ3n) is 3.54. The Balaban J connectivity index is 2.37. The van der Waals surface area contributed by atoms with E-state index in [2.05, 4.69) is 48.7 Å². The van der Waals surface area contributed by atoms with Gasteiger partial charge in [0, 0.05) is 13.7 Å². The molecule has 1 heterocycles. The van der Waals surface area contributed by atoms with E-state index in [9.17, 15) is 0 Å². The monoisotopic (exact) mass is 389 g/mol. The summed E-state index contributed by atoms with van der Waals surface area (Å²) in [6, 6.07) is 0. The number of anilines is 1. The summed E-state index contributed by atoms with van der Waals surface area (Å²) in [5.41, 5.74) is 1.12. The van der Waals surface area contributed by atoms with Crippen molar-refractivity contribution in [3.63, 3.8) is 0 Å². The molecule has 1 fully saturated rings. The summed E-state index contributed by atoms with van der Waals surface area (Å²) in [5.74, 6) is 2.79. The van der Waals surface area contributed by atoms with Gasteiger partial charge in [0.25, 0.3) is 0 Å². The van der Waals surface area contributed by atoms with Gasteiger partial charge in [0.1, 0.15) is 11.9 Å². The smallest absolute Gasteiger partial charge is 0.160 e. The molecule has 1 aliphatic rings. The molecule has 0 saturated heterocycles. The van der Waals surface area contributed by atoms with Gasteiger partial charge in [-0.3, -0.25) is 0 Å². The van der Waals surface area contributed by atoms with Crippen LogP contribution in [0.3, 0.4) is 0 Å². The molecule has 1 atom stereocenters. The third-order valence-corrected chi connectivity index (χ3v) is 4.61. The lowest BCUT2D eigenvalue weighted by atomic mass is 10.1. The fourth-order valence-corrected chi connectivity index (χ4v) is 3.32. The number of hydrogen-bond donors (Lipinski definition) is 1. The van der Waals surface area contributed by atoms with Crippen LogP contribution in [-0.2, 0) is 4.74 Å². The Kier molecular flexibility index (Phi) is 5.60. The van der Waals surface area contributed by atoms with Crippen LogP contribution in [0.15, 0.2) is 0 Å². The largest absolute Gasteiger partial charge is 0.373 e. The number of ether oxygens (including phenoxy) is 1. The van der Waals surface area contributed by atoms with Crippen molar-refractivity contribution in [3.8, 4) is 0 Å². The number of aromatic nitrogens is 2. The molecule has 1 saturated carbocycles. The van der Waals surface area contributed by atoms with Crippen LogP contribution in [0.4, 0.5) is 5.82 Å². The second-order valence-electron chi connectivity index (χ2n) is 5.70. The molecule has 1 unspecified atom stereocenters. The van der Waals surface area contributed by atoms with Crippen LogP contribution >= 0.6 is 22.6 Å². The first kappa shape index (κ1) is 15.9. The van der Waals surface area contributed by atoms with Crippen molar-refractivity contribution in [2.45, 2.75) is 52.1 Å². The Bertz CT molecular complexity index is 461. The van der Waals surface area contributed by atoms with E-state index in [-0.39, 0.29) is 6.10 Å². The molecule has 1 aliphatic carbocycles. The van der Waals surface area contributed by atoms with E-state index in [1.165, 1.54) is 12.8 Å². The molecule has 4 nitrogen and oxygen atoms in total. The van der Waals surface area contributed by atoms with Gasteiger partial charge < -0.3 is 10.1 Å². The summed E-state index contributed by atoms with van der Waals surface area (Å²) >= 11 is 2.35. The van der Waals surface area contributed by atoms with Crippen molar-refractivity contribution < 1.29 is 4.74 Å². The number of hydrogen-bond acceptors (Lipinski definition) is 4. The standard InChI is InChI=1S/C15H24IN3O/c1-5-8-17-14-11(16)12(9(2)3)18-15(19-14)13(20-4)10-6-7-10/h9-10,13H,5-8H2,1-4H3,(H,17,18,19). The van der Waals surface area contributed by atoms with Gasteiger partial charge in [-0.2, -0.15) is 0 Å². The Morgan fingerprint density at radius 3 is 2.55 bits per heavy atom. The average molecular weight is 389 g/mol. The zero-order chi connectivity index (χ0) is 14.7. The SMILES string of the molecule is CCCNc1nc(C(OC)C2CC2)nc(C(C)C)c1I. The highest BCUT2D eigenvalue weighted by Crippen LogP contribution is 2.42. The molecular weight excluding hydrogens is 365 g/mol. The van der Waals surface area contributed by atoms with E-state index < -0.39 is 0 Å². The van der Waals surface area contributed by atoms with Crippen LogP contribution < -0.4 is 5.32 Å². The van der Waals surface area contributed by atoms with Crippen molar-refractivity contribution in [1.29, 1.82) is 0 Å². The maximum absolute atomic E-state index is 5.64. The number of rotatable bonds is 7. The Morgan fingerprint density at radius 2 is 2.05 bits per heavy atom. The Morgan fingerprint density at radius 1 is 1.35 bits per heavy atom. The molecule has 0 spiro atoms. The zero-order valence-corrected chi connectivity index (χ0v) is 14.9. The quantitative estimate of drug-likeness (QED) is 0.713. The van der Waals surface area contributed by atoms with E-state index in [0.717, 1.165) is 33.9 Å². The average Bonchev–Trinajstić information content (AvgIpc) is 3.23. The lowest BCUT2D eigenvalue weighted by Crippen LogP contribution is -2.16. The number of halogens is 1. The van der Waals surface area contributed by atoms with Gasteiger partial charge in [0.05, 0.1) is 9.26 Å². The molecule has 0 bridgehead atoms. The highest BCUT2D eigenvalue weighted by molar-refractivity contribution is 14.1. The van der Waals surface area contributed by atoms with Crippen molar-refractivity contribution in [2.24, 2.45) is 5.92 Å². The highest BCUT2D eigenvalue weighted by Gasteiger charge is 2.35. The molecular formula is C15H24IN3O. The molecule has 1 aromatic heterocycles. The molecule has 20 heavy (non-hydrogen) atoms. The van der Waals surface area contributed by atoms with Crippen molar-refractivity contribution in [2.75, 3.05) is 19.0 Å². The van der Waals surface area contributed by atoms with E-state index in [4.69, 9.17) is 14.7 Å². The van der Waals surface area contributed by atoms with Gasteiger partial charge in [0.15, 0.2) is 5.82 Å². The van der Waals surface area contributed by atoms with Crippen molar-refractivity contribution in [3.05, 3.63) is 15.1 Å². The van der Waals surface area contributed by atoms with E-state index in [1.807, 2.05) is 0 Å².